The molecule has 0 spiro atoms. The zero-order valence-corrected chi connectivity index (χ0v) is 62.5. The molecule has 3 aliphatic heterocycles. The minimum atomic E-state index is -5.67. The van der Waals surface area contributed by atoms with E-state index < -0.39 is 181 Å². The molecule has 96 heavy (non-hydrogen) atoms. The number of barbiturate groups is 1. The maximum atomic E-state index is 12.9. The normalized spacial score (nSPS) is 21.8. The van der Waals surface area contributed by atoms with E-state index in [1.165, 1.54) is 33.2 Å². The summed E-state index contributed by atoms with van der Waals surface area (Å²) in [6.45, 7) is -3.57. The zero-order valence-electron chi connectivity index (χ0n) is 46.7. The van der Waals surface area contributed by atoms with E-state index in [0.717, 1.165) is 99.7 Å². The van der Waals surface area contributed by atoms with E-state index in [0.29, 0.717) is 12.0 Å². The number of hydrogen-bond acceptors (Lipinski definition) is 38. The van der Waals surface area contributed by atoms with Crippen LogP contribution in [0, 0.1) is 0 Å². The van der Waals surface area contributed by atoms with Crippen LogP contribution in [-0.2, 0) is 172 Å². The van der Waals surface area contributed by atoms with Crippen molar-refractivity contribution in [1.82, 2.24) is 10.6 Å². The van der Waals surface area contributed by atoms with Crippen molar-refractivity contribution in [3.63, 3.8) is 0 Å². The van der Waals surface area contributed by atoms with Gasteiger partial charge in [-0.15, -0.1) is 0 Å². The van der Waals surface area contributed by atoms with Gasteiger partial charge in [0.2, 0.25) is 17.6 Å². The number of carbonyl (C=O) groups is 3. The summed E-state index contributed by atoms with van der Waals surface area (Å²) in [4.78, 5) is 35.0. The molecule has 3 saturated heterocycles. The molecule has 0 unspecified atom stereocenters. The third-order valence-electron chi connectivity index (χ3n) is 9.62. The number of urea groups is 1. The van der Waals surface area contributed by atoms with Crippen LogP contribution in [0.15, 0.2) is 30.3 Å². The minimum absolute atomic E-state index is 0. The van der Waals surface area contributed by atoms with Crippen LogP contribution >= 0.6 is 0 Å². The minimum Gasteiger partial charge on any atom is -0.412 e. The van der Waals surface area contributed by atoms with Crippen molar-refractivity contribution >= 4 is 234 Å². The highest BCUT2D eigenvalue weighted by molar-refractivity contribution is 7.84. The van der Waals surface area contributed by atoms with E-state index in [9.17, 15) is 81.7 Å². The molecule has 0 bridgehead atoms. The van der Waals surface area contributed by atoms with E-state index in [1.54, 1.807) is 37.3 Å². The van der Waals surface area contributed by atoms with Gasteiger partial charge in [-0.3, -0.25) is 20.2 Å². The van der Waals surface area contributed by atoms with Crippen LogP contribution in [0.1, 0.15) is 18.9 Å². The molecule has 1 aromatic rings. The molecule has 16 radical (unpaired) electrons. The Labute approximate surface area is 611 Å². The first-order valence-corrected chi connectivity index (χ1v) is 33.8. The number of ether oxygens (including phenoxy) is 3. The van der Waals surface area contributed by atoms with Crippen LogP contribution in [0.2, 0.25) is 0 Å². The molecule has 4 rings (SSSR count). The molecule has 560 valence electrons. The summed E-state index contributed by atoms with van der Waals surface area (Å²) in [5.74, 6) is -4.94. The van der Waals surface area contributed by atoms with Crippen molar-refractivity contribution < 1.29 is 243 Å². The Bertz CT molecular complexity index is 3270. The van der Waals surface area contributed by atoms with E-state index in [-0.39, 0.29) is 87.6 Å². The quantitative estimate of drug-likeness (QED) is 0.0515. The smallest absolute Gasteiger partial charge is 0.408 e. The standard InChI is InChI=1S/C12H12N2O3.C12H22O35S8.8Al.16H2O/c1-2-12(8-6-4-3-5-7-8)9(15)13-11(17)14-10(12)16;13-48(14,15)37-1-4-6(43-51(22,23)24)8(45-53(28,29)30)9(46-54(31,32)33)11(40-4)42-12(3-39-50(19,20)21)10(47-55(34,35)36)7(44-52(25,26)27)5(41-12)2-38-49(16,17)18;;;;;;;;;;;;;;;;;;;;;;;;/h3-7H,2H2,1H3,(H2,13,14,15,16,17);4-11H,1-3H2,(H,13,14,15)(H,16,17,18)(H,19,20,21)(H,22,23,24)(H,25,26,27)(H,28,29,30)(H,31,32,33)(H,34,35,36);;;;;;;;;16*1H2/q;;8*+1;;;;;;;;;;;;;;;;/p-8/t;4-,5-,6-,7-,8+,9-,10+,11-,12+;;;;;;;;;;;;;;;;;;;;;;;;/m.1......................../s1. The second-order valence-corrected chi connectivity index (χ2v) is 28.5. The van der Waals surface area contributed by atoms with E-state index >= 15 is 0 Å². The fourth-order valence-corrected chi connectivity index (χ4v) is 11.4. The molecule has 3 fully saturated rings. The van der Waals surface area contributed by atoms with Gasteiger partial charge in [0.05, 0.1) is 13.2 Å². The molecule has 3 heterocycles. The van der Waals surface area contributed by atoms with Gasteiger partial charge in [-0.1, -0.05) is 37.3 Å². The lowest BCUT2D eigenvalue weighted by Gasteiger charge is -2.46. The second-order valence-electron chi connectivity index (χ2n) is 14.1. The Morgan fingerprint density at radius 1 is 0.406 bits per heavy atom. The molecule has 4 amide bonds. The monoisotopic (exact) mass is 1710 g/mol. The molecule has 1 aromatic carbocycles. The van der Waals surface area contributed by atoms with Crippen LogP contribution in [0.5, 0.6) is 0 Å². The average Bonchev–Trinajstić information content (AvgIpc) is 3.65. The fourth-order valence-electron chi connectivity index (χ4n) is 6.47. The van der Waals surface area contributed by atoms with Gasteiger partial charge >= 0.3 is 222 Å². The Hall–Kier alpha value is 0.290. The highest BCUT2D eigenvalue weighted by Crippen LogP contribution is 2.43. The molecule has 3 aliphatic rings. The first kappa shape index (κ1) is 129. The topological polar surface area (TPSA) is 1030 Å². The zero-order chi connectivity index (χ0) is 61.1. The summed E-state index contributed by atoms with van der Waals surface area (Å²) < 4.78 is 288. The number of nitrogens with one attached hydrogen (secondary N) is 2. The largest absolute Gasteiger partial charge is 0.412 e. The van der Waals surface area contributed by atoms with Gasteiger partial charge in [-0.2, -0.15) is 67.3 Å². The molecular formula is C24H58Al8N2O54S8. The van der Waals surface area contributed by atoms with Crippen LogP contribution in [0.25, 0.3) is 0 Å². The summed E-state index contributed by atoms with van der Waals surface area (Å²) >= 11 is 9.26. The Kier molecular flexibility index (Phi) is 71.4. The highest BCUT2D eigenvalue weighted by atomic mass is 32.3. The maximum Gasteiger partial charge on any atom is 0.408 e. The predicted molar refractivity (Wildman–Crippen MR) is 304 cm³/mol. The molecule has 56 nitrogen and oxygen atoms in total. The number of imide groups is 2. The molecular weight excluding hydrogens is 1650 g/mol. The lowest BCUT2D eigenvalue weighted by Crippen LogP contribution is -2.66. The molecule has 0 saturated carbocycles. The Morgan fingerprint density at radius 3 is 1.07 bits per heavy atom. The van der Waals surface area contributed by atoms with Crippen molar-refractivity contribution in [1.29, 1.82) is 0 Å². The van der Waals surface area contributed by atoms with Crippen molar-refractivity contribution in [2.75, 3.05) is 19.8 Å². The first-order chi connectivity index (χ1) is 36.8. The van der Waals surface area contributed by atoms with E-state index in [4.69, 9.17) is 35.1 Å². The lowest BCUT2D eigenvalue weighted by molar-refractivity contribution is -0.374. The first-order valence-electron chi connectivity index (χ1n) is 19.4. The van der Waals surface area contributed by atoms with Gasteiger partial charge in [0.25, 0.3) is 0 Å². The van der Waals surface area contributed by atoms with E-state index in [2.05, 4.69) is 49.1 Å². The average molecular weight is 1710 g/mol. The van der Waals surface area contributed by atoms with Gasteiger partial charge in [0.1, 0.15) is 37.1 Å². The fraction of sp³-hybridized carbons (Fsp3) is 0.625. The SMILES string of the molecule is CCC1(c2ccccc2)C(=O)NC(=O)NC1=O.O.O.O.O.O.O.O.O.O.O.O.O.O.O.O.O.O=S(=O)([O][Al])OC[C@H]1O[C@@](COS(=O)(=O)[O][Al])(O[C@H]2O[C@H](COS(=O)(=O)[O][Al])[C@@H](OS(=O)(=O)[O][Al])[C@H](OS(=O)(=O)[O][Al])[C@H]2OS(=O)(=O)[O][Al])[C@@H](OS(=O)(=O)[O][Al])[C@@H]1OS(=O)(=O)[O][Al]. The van der Waals surface area contributed by atoms with Gasteiger partial charge in [0, 0.05) is 0 Å². The summed E-state index contributed by atoms with van der Waals surface area (Å²) in [6.07, 6.45) is -23.1. The Balaban J connectivity index is -0.000000148. The van der Waals surface area contributed by atoms with Gasteiger partial charge < -0.3 is 128 Å². The molecule has 9 atom stereocenters. The predicted octanol–water partition coefficient (Wildman–Crippen LogP) is -22.9. The van der Waals surface area contributed by atoms with Crippen LogP contribution < -0.4 is 10.6 Å². The number of amides is 4. The number of hydrogen-bond donors (Lipinski definition) is 2. The second kappa shape index (κ2) is 53.1. The van der Waals surface area contributed by atoms with Crippen molar-refractivity contribution in [3.05, 3.63) is 35.9 Å². The van der Waals surface area contributed by atoms with Crippen LogP contribution in [0.4, 0.5) is 4.79 Å². The third kappa shape index (κ3) is 36.8. The van der Waals surface area contributed by atoms with E-state index in [1.807, 2.05) is 0 Å². The molecule has 72 heteroatoms. The third-order valence-corrected chi connectivity index (χ3v) is 20.7. The number of benzene rings is 1. The molecule has 0 aromatic heterocycles. The summed E-state index contributed by atoms with van der Waals surface area (Å²) in [5.41, 5.74) is -0.722. The number of carbonyl (C=O) groups excluding carboxylic acids is 3. The van der Waals surface area contributed by atoms with Gasteiger partial charge in [-0.05, 0) is 12.0 Å². The van der Waals surface area contributed by atoms with Crippen LogP contribution in [-0.4, -0.2) is 380 Å². The Morgan fingerprint density at radius 2 is 0.719 bits per heavy atom. The maximum absolute atomic E-state index is 12.9. The summed E-state index contributed by atoms with van der Waals surface area (Å²) in [7, 11) is -43.7. The van der Waals surface area contributed by atoms with Crippen LogP contribution in [0.3, 0.4) is 0 Å². The highest BCUT2D eigenvalue weighted by Gasteiger charge is 2.66. The molecule has 34 N–H and O–H groups in total. The van der Waals surface area contributed by atoms with Gasteiger partial charge in [-0.25, -0.2) is 38.3 Å². The summed E-state index contributed by atoms with van der Waals surface area (Å²) in [6, 6.07) is 7.96. The number of rotatable bonds is 31. The van der Waals surface area contributed by atoms with Gasteiger partial charge in [0.15, 0.2) is 23.9 Å². The lowest BCUT2D eigenvalue weighted by atomic mass is 9.75. The molecule has 0 aliphatic carbocycles. The van der Waals surface area contributed by atoms with Crippen molar-refractivity contribution in [3.8, 4) is 0 Å². The van der Waals surface area contributed by atoms with Crippen molar-refractivity contribution in [2.24, 2.45) is 0 Å². The van der Waals surface area contributed by atoms with Crippen molar-refractivity contribution in [2.45, 2.75) is 73.6 Å². The summed E-state index contributed by atoms with van der Waals surface area (Å²) in [5, 5.41) is 4.28.